The van der Waals surface area contributed by atoms with Gasteiger partial charge in [0.25, 0.3) is 0 Å². The van der Waals surface area contributed by atoms with Gasteiger partial charge in [0.2, 0.25) is 0 Å². The maximum Gasteiger partial charge on any atom is 0.0772 e. The van der Waals surface area contributed by atoms with Gasteiger partial charge in [0.05, 0.1) is 4.88 Å². The Bertz CT molecular complexity index is 843. The number of H-pyrrole nitrogens is 1. The quantitative estimate of drug-likeness (QED) is 0.714. The first-order chi connectivity index (χ1) is 11.4. The number of nitrogens with one attached hydrogen (secondary N) is 1. The highest BCUT2D eigenvalue weighted by Crippen LogP contribution is 2.21. The number of likely N-dealkylation sites (tertiary alicyclic amines) is 1. The summed E-state index contributed by atoms with van der Waals surface area (Å²) in [6, 6.07) is 10.6. The fourth-order valence-electron chi connectivity index (χ4n) is 3.23. The smallest absolute Gasteiger partial charge is 0.0772 e. The van der Waals surface area contributed by atoms with Gasteiger partial charge in [0, 0.05) is 29.2 Å². The molecule has 1 aliphatic heterocycles. The molecule has 0 unspecified atom stereocenters. The number of fused-ring (bicyclic) bond motifs is 1. The van der Waals surface area contributed by atoms with Crippen molar-refractivity contribution < 1.29 is 0 Å². The van der Waals surface area contributed by atoms with E-state index in [0.717, 1.165) is 23.4 Å². The highest BCUT2D eigenvalue weighted by Gasteiger charge is 2.12. The maximum absolute atomic E-state index is 3.40. The van der Waals surface area contributed by atoms with E-state index < -0.39 is 0 Å². The van der Waals surface area contributed by atoms with Crippen LogP contribution in [-0.4, -0.2) is 29.5 Å². The summed E-state index contributed by atoms with van der Waals surface area (Å²) in [5, 5.41) is 3.39. The fourth-order valence-corrected chi connectivity index (χ4v) is 3.80. The molecule has 1 N–H and O–H groups in total. The normalized spacial score (nSPS) is 15.0. The number of thiophene rings is 1. The molecule has 0 atom stereocenters. The second-order valence-corrected chi connectivity index (χ2v) is 7.05. The molecular weight excluding hydrogens is 300 g/mol. The van der Waals surface area contributed by atoms with Crippen molar-refractivity contribution in [2.24, 2.45) is 0 Å². The van der Waals surface area contributed by atoms with E-state index in [0.29, 0.717) is 0 Å². The van der Waals surface area contributed by atoms with Crippen LogP contribution in [-0.2, 0) is 6.42 Å². The molecule has 3 heterocycles. The topological polar surface area (TPSA) is 19.0 Å². The van der Waals surface area contributed by atoms with Crippen molar-refractivity contribution in [1.29, 1.82) is 0 Å². The maximum atomic E-state index is 3.40. The molecule has 0 bridgehead atoms. The van der Waals surface area contributed by atoms with Gasteiger partial charge in [-0.2, -0.15) is 0 Å². The van der Waals surface area contributed by atoms with E-state index >= 15 is 0 Å². The first-order valence-electron chi connectivity index (χ1n) is 8.26. The van der Waals surface area contributed by atoms with Gasteiger partial charge in [-0.15, -0.1) is 11.3 Å². The Hall–Kier alpha value is -2.02. The molecule has 0 saturated carbocycles. The number of hydrogen-bond acceptors (Lipinski definition) is 2. The summed E-state index contributed by atoms with van der Waals surface area (Å²) in [7, 11) is 0. The lowest BCUT2D eigenvalue weighted by molar-refractivity contribution is 0.344. The van der Waals surface area contributed by atoms with Crippen molar-refractivity contribution in [2.45, 2.75) is 19.3 Å². The molecule has 4 rings (SSSR count). The zero-order valence-corrected chi connectivity index (χ0v) is 14.0. The van der Waals surface area contributed by atoms with E-state index in [1.54, 1.807) is 11.3 Å². The predicted octanol–water partition coefficient (Wildman–Crippen LogP) is 4.27. The Morgan fingerprint density at radius 3 is 2.87 bits per heavy atom. The number of nitrogens with zero attached hydrogens (tertiary/aromatic N) is 1. The number of aromatic amines is 1. The second kappa shape index (κ2) is 6.62. The lowest BCUT2D eigenvalue weighted by Crippen LogP contribution is -2.21. The van der Waals surface area contributed by atoms with Gasteiger partial charge in [-0.05, 0) is 67.6 Å². The van der Waals surface area contributed by atoms with Crippen molar-refractivity contribution in [1.82, 2.24) is 9.88 Å². The minimum atomic E-state index is 1.09. The van der Waals surface area contributed by atoms with Gasteiger partial charge in [-0.25, -0.2) is 0 Å². The number of benzene rings is 1. The monoisotopic (exact) mass is 320 g/mol. The van der Waals surface area contributed by atoms with Gasteiger partial charge >= 0.3 is 0 Å². The van der Waals surface area contributed by atoms with Crippen molar-refractivity contribution in [3.63, 3.8) is 0 Å². The summed E-state index contributed by atoms with van der Waals surface area (Å²) >= 11 is 1.69. The molecule has 23 heavy (non-hydrogen) atoms. The molecule has 0 radical (unpaired) electrons. The van der Waals surface area contributed by atoms with E-state index in [-0.39, 0.29) is 0 Å². The molecule has 3 heteroatoms. The van der Waals surface area contributed by atoms with E-state index in [2.05, 4.69) is 57.6 Å². The van der Waals surface area contributed by atoms with Crippen LogP contribution in [0.15, 0.2) is 41.9 Å². The van der Waals surface area contributed by atoms with Crippen LogP contribution in [0.1, 0.15) is 28.8 Å². The molecule has 2 nitrogen and oxygen atoms in total. The average molecular weight is 320 g/mol. The molecule has 0 amide bonds. The van der Waals surface area contributed by atoms with Crippen molar-refractivity contribution >= 4 is 22.2 Å². The Morgan fingerprint density at radius 1 is 1.13 bits per heavy atom. The van der Waals surface area contributed by atoms with Crippen LogP contribution in [0, 0.1) is 11.8 Å². The lowest BCUT2D eigenvalue weighted by Gasteiger charge is -2.13. The fraction of sp³-hybridized carbons (Fsp3) is 0.300. The Labute approximate surface area is 141 Å². The van der Waals surface area contributed by atoms with Gasteiger partial charge in [0.1, 0.15) is 0 Å². The summed E-state index contributed by atoms with van der Waals surface area (Å²) < 4.78 is 0. The van der Waals surface area contributed by atoms with Crippen molar-refractivity contribution in [3.8, 4) is 11.8 Å². The zero-order valence-electron chi connectivity index (χ0n) is 13.1. The van der Waals surface area contributed by atoms with Gasteiger partial charge in [0.15, 0.2) is 0 Å². The van der Waals surface area contributed by atoms with Crippen LogP contribution in [0.5, 0.6) is 0 Å². The molecule has 116 valence electrons. The van der Waals surface area contributed by atoms with E-state index in [1.807, 2.05) is 6.07 Å². The average Bonchev–Trinajstić information content (AvgIpc) is 3.32. The van der Waals surface area contributed by atoms with Crippen LogP contribution in [0.4, 0.5) is 0 Å². The molecular formula is C20H20N2S. The molecule has 1 aliphatic rings. The first-order valence-corrected chi connectivity index (χ1v) is 9.14. The Morgan fingerprint density at radius 2 is 2.04 bits per heavy atom. The molecule has 2 aromatic heterocycles. The van der Waals surface area contributed by atoms with Gasteiger partial charge in [-0.3, -0.25) is 0 Å². The minimum absolute atomic E-state index is 1.09. The van der Waals surface area contributed by atoms with E-state index in [4.69, 9.17) is 0 Å². The standard InChI is InChI=1S/C20H20N2S/c1-2-11-22(10-1)12-9-17-15-21-20-8-6-16(14-19(17)20)5-7-18-4-3-13-23-18/h3-4,6,8,13-15,21H,1-2,9-12H2. The first kappa shape index (κ1) is 14.6. The molecule has 3 aromatic rings. The largest absolute Gasteiger partial charge is 0.361 e. The summed E-state index contributed by atoms with van der Waals surface area (Å²) in [5.41, 5.74) is 3.71. The molecule has 1 fully saturated rings. The Balaban J connectivity index is 1.55. The highest BCUT2D eigenvalue weighted by atomic mass is 32.1. The SMILES string of the molecule is C(#Cc1cccs1)c1ccc2[nH]cc(CCN3CCCC3)c2c1. The van der Waals surface area contributed by atoms with Gasteiger partial charge in [-0.1, -0.05) is 17.9 Å². The highest BCUT2D eigenvalue weighted by molar-refractivity contribution is 7.10. The summed E-state index contributed by atoms with van der Waals surface area (Å²) in [4.78, 5) is 7.08. The third kappa shape index (κ3) is 3.34. The number of aromatic nitrogens is 1. The van der Waals surface area contributed by atoms with Crippen LogP contribution >= 0.6 is 11.3 Å². The predicted molar refractivity (Wildman–Crippen MR) is 98.0 cm³/mol. The van der Waals surface area contributed by atoms with Crippen molar-refractivity contribution in [3.05, 3.63) is 57.9 Å². The lowest BCUT2D eigenvalue weighted by atomic mass is 10.1. The van der Waals surface area contributed by atoms with Crippen LogP contribution in [0.2, 0.25) is 0 Å². The molecule has 1 saturated heterocycles. The van der Waals surface area contributed by atoms with E-state index in [9.17, 15) is 0 Å². The Kier molecular flexibility index (Phi) is 4.19. The second-order valence-electron chi connectivity index (χ2n) is 6.10. The molecule has 0 spiro atoms. The van der Waals surface area contributed by atoms with Crippen LogP contribution in [0.3, 0.4) is 0 Å². The van der Waals surface area contributed by atoms with Crippen LogP contribution in [0.25, 0.3) is 10.9 Å². The minimum Gasteiger partial charge on any atom is -0.361 e. The summed E-state index contributed by atoms with van der Waals surface area (Å²) in [5.74, 6) is 6.53. The summed E-state index contributed by atoms with van der Waals surface area (Å²) in [6.45, 7) is 3.69. The number of hydrogen-bond donors (Lipinski definition) is 1. The molecule has 1 aromatic carbocycles. The van der Waals surface area contributed by atoms with E-state index in [1.165, 1.54) is 42.4 Å². The van der Waals surface area contributed by atoms with Crippen molar-refractivity contribution in [2.75, 3.05) is 19.6 Å². The summed E-state index contributed by atoms with van der Waals surface area (Å²) in [6.07, 6.45) is 5.99. The molecule has 0 aliphatic carbocycles. The van der Waals surface area contributed by atoms with Gasteiger partial charge < -0.3 is 9.88 Å². The third-order valence-electron chi connectivity index (χ3n) is 4.51. The van der Waals surface area contributed by atoms with Crippen LogP contribution < -0.4 is 0 Å². The third-order valence-corrected chi connectivity index (χ3v) is 5.30. The number of rotatable bonds is 3. The zero-order chi connectivity index (χ0) is 15.5.